The second kappa shape index (κ2) is 6.95. The zero-order valence-corrected chi connectivity index (χ0v) is 11.8. The summed E-state index contributed by atoms with van der Waals surface area (Å²) in [5, 5.41) is 12.6. The molecule has 5 nitrogen and oxygen atoms in total. The highest BCUT2D eigenvalue weighted by Gasteiger charge is 2.31. The Hall–Kier alpha value is -0.810. The van der Waals surface area contributed by atoms with E-state index in [0.29, 0.717) is 12.6 Å². The van der Waals surface area contributed by atoms with Gasteiger partial charge in [0.05, 0.1) is 12.7 Å². The molecule has 1 aliphatic heterocycles. The van der Waals surface area contributed by atoms with Crippen molar-refractivity contribution in [2.75, 3.05) is 19.7 Å². The number of likely N-dealkylation sites (tertiary alicyclic amines) is 1. The molecule has 1 saturated heterocycles. The summed E-state index contributed by atoms with van der Waals surface area (Å²) in [4.78, 5) is 13.7. The van der Waals surface area contributed by atoms with Gasteiger partial charge in [0.25, 0.3) is 0 Å². The first-order valence-corrected chi connectivity index (χ1v) is 6.79. The second-order valence-corrected chi connectivity index (χ2v) is 5.35. The fourth-order valence-corrected chi connectivity index (χ4v) is 2.39. The molecule has 0 bridgehead atoms. The Balaban J connectivity index is 2.58. The molecule has 2 N–H and O–H groups in total. The summed E-state index contributed by atoms with van der Waals surface area (Å²) < 4.78 is 4.90. The molecule has 0 aromatic rings. The van der Waals surface area contributed by atoms with Gasteiger partial charge in [0, 0.05) is 25.2 Å². The number of aliphatic hydroxyl groups is 1. The Bertz CT molecular complexity index is 253. The number of carbonyl (C=O) groups excluding carboxylic acids is 1. The molecule has 106 valence electrons. The zero-order valence-electron chi connectivity index (χ0n) is 11.8. The number of aliphatic hydroxyl groups excluding tert-OH is 1. The van der Waals surface area contributed by atoms with Crippen LogP contribution in [-0.4, -0.2) is 54.0 Å². The lowest BCUT2D eigenvalue weighted by atomic mass is 9.89. The molecule has 1 amide bonds. The number of nitrogens with zero attached hydrogens (tertiary/aromatic N) is 1. The fraction of sp³-hybridized carbons (Fsp3) is 0.923. The van der Waals surface area contributed by atoms with E-state index >= 15 is 0 Å². The number of amides is 1. The number of ether oxygens (including phenoxy) is 1. The van der Waals surface area contributed by atoms with Gasteiger partial charge in [-0.05, 0) is 40.0 Å². The van der Waals surface area contributed by atoms with E-state index < -0.39 is 0 Å². The van der Waals surface area contributed by atoms with Crippen LogP contribution in [0.15, 0.2) is 0 Å². The molecule has 1 fully saturated rings. The first kappa shape index (κ1) is 15.2. The lowest BCUT2D eigenvalue weighted by Crippen LogP contribution is -2.54. The van der Waals surface area contributed by atoms with Gasteiger partial charge in [-0.2, -0.15) is 0 Å². The van der Waals surface area contributed by atoms with Gasteiger partial charge in [-0.15, -0.1) is 0 Å². The van der Waals surface area contributed by atoms with Gasteiger partial charge in [-0.3, -0.25) is 4.90 Å². The number of hydrogen-bond donors (Lipinski definition) is 2. The third kappa shape index (κ3) is 4.46. The number of piperidine rings is 1. The van der Waals surface area contributed by atoms with Crippen molar-refractivity contribution in [2.45, 2.75) is 52.3 Å². The van der Waals surface area contributed by atoms with Crippen molar-refractivity contribution < 1.29 is 14.6 Å². The molecular formula is C13H26N2O3. The summed E-state index contributed by atoms with van der Waals surface area (Å²) in [7, 11) is 0. The van der Waals surface area contributed by atoms with Crippen LogP contribution in [0.4, 0.5) is 4.79 Å². The highest BCUT2D eigenvalue weighted by Crippen LogP contribution is 2.21. The summed E-state index contributed by atoms with van der Waals surface area (Å²) in [5.74, 6) is 0.202. The summed E-state index contributed by atoms with van der Waals surface area (Å²) in [6.07, 6.45) is 0.0928. The van der Waals surface area contributed by atoms with Crippen molar-refractivity contribution in [1.82, 2.24) is 10.2 Å². The van der Waals surface area contributed by atoms with E-state index in [1.54, 1.807) is 6.92 Å². The van der Waals surface area contributed by atoms with E-state index in [2.05, 4.69) is 24.1 Å². The van der Waals surface area contributed by atoms with Crippen LogP contribution in [0.2, 0.25) is 0 Å². The van der Waals surface area contributed by atoms with Gasteiger partial charge in [0.2, 0.25) is 0 Å². The predicted molar refractivity (Wildman–Crippen MR) is 70.4 cm³/mol. The van der Waals surface area contributed by atoms with Crippen molar-refractivity contribution in [1.29, 1.82) is 0 Å². The lowest BCUT2D eigenvalue weighted by Gasteiger charge is -2.41. The molecule has 0 aromatic carbocycles. The van der Waals surface area contributed by atoms with Crippen LogP contribution in [0.1, 0.15) is 34.1 Å². The molecule has 0 radical (unpaired) electrons. The maximum absolute atomic E-state index is 11.4. The molecule has 5 heteroatoms. The highest BCUT2D eigenvalue weighted by molar-refractivity contribution is 5.67. The van der Waals surface area contributed by atoms with Crippen molar-refractivity contribution in [3.8, 4) is 0 Å². The van der Waals surface area contributed by atoms with Crippen LogP contribution in [0.5, 0.6) is 0 Å². The fourth-order valence-electron chi connectivity index (χ4n) is 2.39. The van der Waals surface area contributed by atoms with E-state index in [-0.39, 0.29) is 24.2 Å². The standard InChI is InChI=1S/C13H26N2O3/c1-5-18-13(17)14-12-6-11(10(4)16)7-15(8-12)9(2)3/h9-12,16H,5-8H2,1-4H3,(H,14,17). The van der Waals surface area contributed by atoms with Crippen molar-refractivity contribution in [3.63, 3.8) is 0 Å². The second-order valence-electron chi connectivity index (χ2n) is 5.35. The molecule has 1 heterocycles. The Labute approximate surface area is 109 Å². The quantitative estimate of drug-likeness (QED) is 0.796. The van der Waals surface area contributed by atoms with Gasteiger partial charge in [0.1, 0.15) is 0 Å². The minimum atomic E-state index is -0.363. The normalized spacial score (nSPS) is 27.0. The minimum Gasteiger partial charge on any atom is -0.450 e. The lowest BCUT2D eigenvalue weighted by molar-refractivity contribution is 0.0343. The van der Waals surface area contributed by atoms with E-state index in [9.17, 15) is 9.90 Å². The third-order valence-corrected chi connectivity index (χ3v) is 3.52. The number of carbonyl (C=O) groups is 1. The molecule has 0 spiro atoms. The van der Waals surface area contributed by atoms with Gasteiger partial charge >= 0.3 is 6.09 Å². The van der Waals surface area contributed by atoms with Gasteiger partial charge in [-0.25, -0.2) is 4.79 Å². The van der Waals surface area contributed by atoms with Crippen molar-refractivity contribution in [3.05, 3.63) is 0 Å². The predicted octanol–water partition coefficient (Wildman–Crippen LogP) is 1.21. The van der Waals surface area contributed by atoms with Crippen molar-refractivity contribution in [2.24, 2.45) is 5.92 Å². The van der Waals surface area contributed by atoms with Crippen LogP contribution in [-0.2, 0) is 4.74 Å². The van der Waals surface area contributed by atoms with Gasteiger partial charge < -0.3 is 15.2 Å². The molecule has 0 aromatic heterocycles. The Morgan fingerprint density at radius 3 is 2.61 bits per heavy atom. The summed E-state index contributed by atoms with van der Waals surface area (Å²) in [6, 6.07) is 0.470. The largest absolute Gasteiger partial charge is 0.450 e. The molecule has 0 aliphatic carbocycles. The smallest absolute Gasteiger partial charge is 0.407 e. The SMILES string of the molecule is CCOC(=O)NC1CC(C(C)O)CN(C(C)C)C1. The van der Waals surface area contributed by atoms with Crippen molar-refractivity contribution >= 4 is 6.09 Å². The average molecular weight is 258 g/mol. The molecule has 0 saturated carbocycles. The van der Waals surface area contributed by atoms with Crippen LogP contribution in [0.3, 0.4) is 0 Å². The molecule has 18 heavy (non-hydrogen) atoms. The minimum absolute atomic E-state index is 0.0554. The number of nitrogens with one attached hydrogen (secondary N) is 1. The van der Waals surface area contributed by atoms with Crippen LogP contribution in [0.25, 0.3) is 0 Å². The molecule has 1 aliphatic rings. The monoisotopic (exact) mass is 258 g/mol. The van der Waals surface area contributed by atoms with E-state index in [1.165, 1.54) is 0 Å². The van der Waals surface area contributed by atoms with Gasteiger partial charge in [-0.1, -0.05) is 0 Å². The number of alkyl carbamates (subject to hydrolysis) is 1. The summed E-state index contributed by atoms with van der Waals surface area (Å²) >= 11 is 0. The van der Waals surface area contributed by atoms with Crippen LogP contribution in [0, 0.1) is 5.92 Å². The Kier molecular flexibility index (Phi) is 5.88. The zero-order chi connectivity index (χ0) is 13.7. The first-order chi connectivity index (χ1) is 8.43. The first-order valence-electron chi connectivity index (χ1n) is 6.79. The average Bonchev–Trinajstić information content (AvgIpc) is 2.28. The van der Waals surface area contributed by atoms with Crippen LogP contribution < -0.4 is 5.32 Å². The third-order valence-electron chi connectivity index (χ3n) is 3.52. The van der Waals surface area contributed by atoms with E-state index in [1.807, 2.05) is 6.92 Å². The van der Waals surface area contributed by atoms with Gasteiger partial charge in [0.15, 0.2) is 0 Å². The maximum Gasteiger partial charge on any atom is 0.407 e. The molecule has 3 atom stereocenters. The molecular weight excluding hydrogens is 232 g/mol. The Morgan fingerprint density at radius 2 is 2.11 bits per heavy atom. The summed E-state index contributed by atoms with van der Waals surface area (Å²) in [6.45, 7) is 9.95. The van der Waals surface area contributed by atoms with E-state index in [4.69, 9.17) is 4.74 Å². The Morgan fingerprint density at radius 1 is 1.44 bits per heavy atom. The number of hydrogen-bond acceptors (Lipinski definition) is 4. The summed E-state index contributed by atoms with van der Waals surface area (Å²) in [5.41, 5.74) is 0. The van der Waals surface area contributed by atoms with E-state index in [0.717, 1.165) is 19.5 Å². The molecule has 3 unspecified atom stereocenters. The van der Waals surface area contributed by atoms with Crippen LogP contribution >= 0.6 is 0 Å². The maximum atomic E-state index is 11.4. The number of rotatable bonds is 4. The topological polar surface area (TPSA) is 61.8 Å². The highest BCUT2D eigenvalue weighted by atomic mass is 16.5. The molecule has 1 rings (SSSR count).